The van der Waals surface area contributed by atoms with Gasteiger partial charge in [-0.25, -0.2) is 18.4 Å². The van der Waals surface area contributed by atoms with E-state index in [0.717, 1.165) is 0 Å². The van der Waals surface area contributed by atoms with Crippen LogP contribution >= 0.6 is 0 Å². The highest BCUT2D eigenvalue weighted by Crippen LogP contribution is 2.14. The summed E-state index contributed by atoms with van der Waals surface area (Å²) in [5, 5.41) is 0. The van der Waals surface area contributed by atoms with Gasteiger partial charge in [0.25, 0.3) is 0 Å². The van der Waals surface area contributed by atoms with Gasteiger partial charge in [0.2, 0.25) is 5.95 Å². The van der Waals surface area contributed by atoms with Gasteiger partial charge in [-0.05, 0) is 12.1 Å². The molecule has 7 heteroatoms. The molecule has 0 atom stereocenters. The molecule has 2 N–H and O–H groups in total. The first-order chi connectivity index (χ1) is 7.47. The van der Waals surface area contributed by atoms with Crippen molar-refractivity contribution in [3.8, 4) is 0 Å². The van der Waals surface area contributed by atoms with Gasteiger partial charge in [0.05, 0.1) is 5.75 Å². The summed E-state index contributed by atoms with van der Waals surface area (Å²) in [6.07, 6.45) is 2.82. The van der Waals surface area contributed by atoms with Gasteiger partial charge in [-0.3, -0.25) is 4.57 Å². The molecule has 2 aromatic heterocycles. The lowest BCUT2D eigenvalue weighted by Crippen LogP contribution is -2.13. The van der Waals surface area contributed by atoms with Crippen molar-refractivity contribution >= 4 is 26.9 Å². The maximum absolute atomic E-state index is 11.1. The van der Waals surface area contributed by atoms with Crippen LogP contribution in [0.25, 0.3) is 11.2 Å². The average molecular weight is 240 g/mol. The highest BCUT2D eigenvalue weighted by molar-refractivity contribution is 7.90. The Bertz CT molecular complexity index is 617. The summed E-state index contributed by atoms with van der Waals surface area (Å²) >= 11 is 0. The van der Waals surface area contributed by atoms with E-state index in [-0.39, 0.29) is 18.2 Å². The molecule has 0 spiro atoms. The summed E-state index contributed by atoms with van der Waals surface area (Å²) in [4.78, 5) is 8.23. The number of fused-ring (bicyclic) bond motifs is 1. The number of rotatable bonds is 3. The van der Waals surface area contributed by atoms with E-state index < -0.39 is 9.84 Å². The Morgan fingerprint density at radius 2 is 2.25 bits per heavy atom. The molecule has 0 fully saturated rings. The maximum Gasteiger partial charge on any atom is 0.202 e. The van der Waals surface area contributed by atoms with Crippen molar-refractivity contribution in [3.63, 3.8) is 0 Å². The van der Waals surface area contributed by atoms with E-state index in [1.807, 2.05) is 0 Å². The first kappa shape index (κ1) is 10.9. The number of anilines is 1. The molecule has 0 aromatic carbocycles. The maximum atomic E-state index is 11.1. The van der Waals surface area contributed by atoms with Crippen LogP contribution in [0, 0.1) is 0 Å². The number of hydrogen-bond donors (Lipinski definition) is 1. The minimum atomic E-state index is -3.02. The highest BCUT2D eigenvalue weighted by atomic mass is 32.2. The molecule has 0 amide bonds. The average Bonchev–Trinajstić information content (AvgIpc) is 2.49. The number of pyridine rings is 1. The Balaban J connectivity index is 2.40. The Labute approximate surface area is 93.0 Å². The largest absolute Gasteiger partial charge is 0.369 e. The van der Waals surface area contributed by atoms with Crippen molar-refractivity contribution in [2.24, 2.45) is 0 Å². The van der Waals surface area contributed by atoms with Crippen molar-refractivity contribution in [2.75, 3.05) is 17.7 Å². The predicted octanol–water partition coefficient (Wildman–Crippen LogP) is 0.0581. The third-order valence-electron chi connectivity index (χ3n) is 2.22. The monoisotopic (exact) mass is 240 g/mol. The van der Waals surface area contributed by atoms with Crippen molar-refractivity contribution in [3.05, 3.63) is 18.3 Å². The number of hydrogen-bond acceptors (Lipinski definition) is 5. The van der Waals surface area contributed by atoms with Crippen LogP contribution in [0.5, 0.6) is 0 Å². The number of imidazole rings is 1. The Morgan fingerprint density at radius 3 is 2.94 bits per heavy atom. The van der Waals surface area contributed by atoms with Gasteiger partial charge < -0.3 is 5.73 Å². The molecule has 0 saturated carbocycles. The summed E-state index contributed by atoms with van der Waals surface area (Å²) in [7, 11) is -3.02. The number of nitrogens with two attached hydrogens (primary N) is 1. The zero-order valence-electron chi connectivity index (χ0n) is 8.79. The SMILES string of the molecule is CS(=O)(=O)CCn1c(N)nc2cccnc21. The van der Waals surface area contributed by atoms with E-state index in [1.54, 1.807) is 22.9 Å². The first-order valence-corrected chi connectivity index (χ1v) is 6.78. The number of nitrogens with zero attached hydrogens (tertiary/aromatic N) is 3. The molecule has 0 bridgehead atoms. The van der Waals surface area contributed by atoms with E-state index in [0.29, 0.717) is 11.2 Å². The Kier molecular flexibility index (Phi) is 2.55. The third-order valence-corrected chi connectivity index (χ3v) is 3.14. The summed E-state index contributed by atoms with van der Waals surface area (Å²) < 4.78 is 23.8. The minimum absolute atomic E-state index is 0.0270. The van der Waals surface area contributed by atoms with Gasteiger partial charge in [0, 0.05) is 19.0 Å². The Morgan fingerprint density at radius 1 is 1.50 bits per heavy atom. The highest BCUT2D eigenvalue weighted by Gasteiger charge is 2.10. The van der Waals surface area contributed by atoms with E-state index in [1.165, 1.54) is 6.26 Å². The van der Waals surface area contributed by atoms with Crippen LogP contribution in [0.2, 0.25) is 0 Å². The van der Waals surface area contributed by atoms with Crippen molar-refractivity contribution in [1.29, 1.82) is 0 Å². The second kappa shape index (κ2) is 3.75. The molecule has 0 saturated heterocycles. The van der Waals surface area contributed by atoms with Crippen LogP contribution in [0.4, 0.5) is 5.95 Å². The fraction of sp³-hybridized carbons (Fsp3) is 0.333. The van der Waals surface area contributed by atoms with Crippen molar-refractivity contribution in [1.82, 2.24) is 14.5 Å². The Hall–Kier alpha value is -1.63. The number of aromatic nitrogens is 3. The van der Waals surface area contributed by atoms with Gasteiger partial charge in [-0.15, -0.1) is 0 Å². The van der Waals surface area contributed by atoms with Gasteiger partial charge >= 0.3 is 0 Å². The van der Waals surface area contributed by atoms with Crippen LogP contribution in [0.15, 0.2) is 18.3 Å². The summed E-state index contributed by atoms with van der Waals surface area (Å²) in [6.45, 7) is 0.276. The fourth-order valence-corrected chi connectivity index (χ4v) is 1.97. The molecule has 0 unspecified atom stereocenters. The lowest BCUT2D eigenvalue weighted by Gasteiger charge is -2.03. The number of nitrogen functional groups attached to an aromatic ring is 1. The van der Waals surface area contributed by atoms with Crippen LogP contribution in [0.1, 0.15) is 0 Å². The predicted molar refractivity (Wildman–Crippen MR) is 61.7 cm³/mol. The van der Waals surface area contributed by atoms with Crippen molar-refractivity contribution < 1.29 is 8.42 Å². The molecule has 0 radical (unpaired) electrons. The second-order valence-corrected chi connectivity index (χ2v) is 5.86. The van der Waals surface area contributed by atoms with E-state index >= 15 is 0 Å². The molecule has 0 aliphatic carbocycles. The molecular formula is C9H12N4O2S. The zero-order chi connectivity index (χ0) is 11.8. The quantitative estimate of drug-likeness (QED) is 0.819. The normalized spacial score (nSPS) is 12.1. The minimum Gasteiger partial charge on any atom is -0.369 e. The molecule has 16 heavy (non-hydrogen) atoms. The van der Waals surface area contributed by atoms with Gasteiger partial charge in [0.1, 0.15) is 15.4 Å². The van der Waals surface area contributed by atoms with Crippen molar-refractivity contribution in [2.45, 2.75) is 6.54 Å². The van der Waals surface area contributed by atoms with Gasteiger partial charge in [-0.1, -0.05) is 0 Å². The molecule has 6 nitrogen and oxygen atoms in total. The molecule has 0 aliphatic rings. The smallest absolute Gasteiger partial charge is 0.202 e. The lowest BCUT2D eigenvalue weighted by molar-refractivity contribution is 0.596. The molecule has 86 valence electrons. The standard InChI is InChI=1S/C9H12N4O2S/c1-16(14,15)6-5-13-8-7(12-9(13)10)3-2-4-11-8/h2-4H,5-6H2,1H3,(H2,10,12). The number of aryl methyl sites for hydroxylation is 1. The molecular weight excluding hydrogens is 228 g/mol. The summed E-state index contributed by atoms with van der Waals surface area (Å²) in [6, 6.07) is 3.55. The van der Waals surface area contributed by atoms with Gasteiger partial charge in [-0.2, -0.15) is 0 Å². The summed E-state index contributed by atoms with van der Waals surface area (Å²) in [5.74, 6) is 0.316. The topological polar surface area (TPSA) is 90.9 Å². The lowest BCUT2D eigenvalue weighted by atomic mass is 10.4. The number of sulfone groups is 1. The second-order valence-electron chi connectivity index (χ2n) is 3.60. The van der Waals surface area contributed by atoms with Crippen LogP contribution in [-0.2, 0) is 16.4 Å². The fourth-order valence-electron chi connectivity index (χ4n) is 1.45. The first-order valence-electron chi connectivity index (χ1n) is 4.72. The molecule has 2 rings (SSSR count). The van der Waals surface area contributed by atoms with Crippen LogP contribution < -0.4 is 5.73 Å². The summed E-state index contributed by atoms with van der Waals surface area (Å²) in [5.41, 5.74) is 6.99. The van der Waals surface area contributed by atoms with E-state index in [4.69, 9.17) is 5.73 Å². The van der Waals surface area contributed by atoms with E-state index in [9.17, 15) is 8.42 Å². The molecule has 0 aliphatic heterocycles. The van der Waals surface area contributed by atoms with Crippen LogP contribution in [0.3, 0.4) is 0 Å². The van der Waals surface area contributed by atoms with Gasteiger partial charge in [0.15, 0.2) is 5.65 Å². The van der Waals surface area contributed by atoms with E-state index in [2.05, 4.69) is 9.97 Å². The molecule has 2 heterocycles. The van der Waals surface area contributed by atoms with Crippen LogP contribution in [-0.4, -0.2) is 35.0 Å². The molecule has 2 aromatic rings. The zero-order valence-corrected chi connectivity index (χ0v) is 9.61. The third kappa shape index (κ3) is 2.13.